The van der Waals surface area contributed by atoms with Gasteiger partial charge < -0.3 is 25.2 Å². The van der Waals surface area contributed by atoms with Crippen LogP contribution in [0.1, 0.15) is 0 Å². The Hall–Kier alpha value is -6.26. The first-order valence-corrected chi connectivity index (χ1v) is 16.4. The van der Waals surface area contributed by atoms with Crippen LogP contribution in [0, 0.1) is 0 Å². The number of carbonyl (C=O) groups excluding carboxylic acids is 1. The minimum absolute atomic E-state index is 0.286. The van der Waals surface area contributed by atoms with Crippen LogP contribution in [0.25, 0.3) is 39.0 Å². The van der Waals surface area contributed by atoms with Gasteiger partial charge in [-0.15, -0.1) is 0 Å². The molecule has 0 saturated carbocycles. The summed E-state index contributed by atoms with van der Waals surface area (Å²) >= 11 is 0. The molecular formula is C40H37N7O3. The van der Waals surface area contributed by atoms with Crippen molar-refractivity contribution in [3.8, 4) is 33.7 Å². The number of rotatable bonds is 9. The highest BCUT2D eigenvalue weighted by Crippen LogP contribution is 2.34. The Labute approximate surface area is 290 Å². The Kier molecular flexibility index (Phi) is 9.09. The molecule has 4 aromatic carbocycles. The molecule has 7 rings (SSSR count). The number of benzene rings is 4. The molecule has 50 heavy (non-hydrogen) atoms. The Bertz CT molecular complexity index is 2240. The Balaban J connectivity index is 1.31. The number of amides is 1. The van der Waals surface area contributed by atoms with Crippen molar-refractivity contribution in [1.82, 2.24) is 19.4 Å². The molecule has 1 amide bonds. The number of methoxy groups -OCH3 is 1. The number of piperazine rings is 1. The van der Waals surface area contributed by atoms with Crippen LogP contribution in [0.5, 0.6) is 5.75 Å². The number of anilines is 4. The van der Waals surface area contributed by atoms with E-state index in [1.807, 2.05) is 54.6 Å². The number of carbonyl (C=O) groups is 1. The summed E-state index contributed by atoms with van der Waals surface area (Å²) < 4.78 is 7.32. The summed E-state index contributed by atoms with van der Waals surface area (Å²) in [6.45, 7) is 7.41. The summed E-state index contributed by atoms with van der Waals surface area (Å²) in [7, 11) is 3.77. The van der Waals surface area contributed by atoms with E-state index in [1.54, 1.807) is 43.6 Å². The fourth-order valence-corrected chi connectivity index (χ4v) is 6.21. The van der Waals surface area contributed by atoms with Crippen molar-refractivity contribution in [3.05, 3.63) is 132 Å². The second kappa shape index (κ2) is 14.1. The van der Waals surface area contributed by atoms with Crippen molar-refractivity contribution in [2.45, 2.75) is 0 Å². The van der Waals surface area contributed by atoms with Gasteiger partial charge >= 0.3 is 0 Å². The van der Waals surface area contributed by atoms with E-state index in [9.17, 15) is 9.59 Å². The molecular weight excluding hydrogens is 626 g/mol. The molecule has 1 saturated heterocycles. The number of ether oxygens (including phenoxy) is 1. The van der Waals surface area contributed by atoms with Gasteiger partial charge in [0.25, 0.3) is 5.56 Å². The van der Waals surface area contributed by atoms with E-state index in [-0.39, 0.29) is 11.5 Å². The molecule has 2 aromatic heterocycles. The number of hydrogen-bond donors (Lipinski definition) is 2. The third-order valence-corrected chi connectivity index (χ3v) is 8.92. The topological polar surface area (TPSA) is 105 Å². The number of nitrogens with one attached hydrogen (secondary N) is 2. The standard InChI is InChI=1S/C40H37N7O3/c1-4-37(48)42-30-11-8-12-32(23-30)47-38(49)25-33(29-15-13-28(14-16-29)27-9-6-5-7-10-27)34-26-41-40(44-39(34)47)43-35-18-17-31(24-36(35)50-3)46-21-19-45(2)20-22-46/h4-18,23-26H,1,19-22H2,2-3H3,(H,42,48)(H,41,43,44). The van der Waals surface area contributed by atoms with Crippen LogP contribution in [0.15, 0.2) is 127 Å². The molecule has 250 valence electrons. The molecule has 0 bridgehead atoms. The zero-order valence-corrected chi connectivity index (χ0v) is 28.0. The molecule has 0 unspecified atom stereocenters. The van der Waals surface area contributed by atoms with Crippen LogP contribution in [-0.4, -0.2) is 65.7 Å². The minimum atomic E-state index is -0.352. The van der Waals surface area contributed by atoms with Crippen molar-refractivity contribution >= 4 is 40.0 Å². The first-order chi connectivity index (χ1) is 24.4. The van der Waals surface area contributed by atoms with Crippen LogP contribution in [-0.2, 0) is 4.79 Å². The van der Waals surface area contributed by atoms with Gasteiger partial charge in [-0.1, -0.05) is 67.2 Å². The monoisotopic (exact) mass is 663 g/mol. The van der Waals surface area contributed by atoms with Gasteiger partial charge in [-0.2, -0.15) is 4.98 Å². The molecule has 1 aliphatic rings. The van der Waals surface area contributed by atoms with Crippen LogP contribution >= 0.6 is 0 Å². The highest BCUT2D eigenvalue weighted by Gasteiger charge is 2.19. The Morgan fingerprint density at radius 2 is 1.58 bits per heavy atom. The van der Waals surface area contributed by atoms with Gasteiger partial charge in [-0.05, 0) is 65.7 Å². The minimum Gasteiger partial charge on any atom is -0.494 e. The predicted octanol–water partition coefficient (Wildman–Crippen LogP) is 6.74. The average molecular weight is 664 g/mol. The number of likely N-dealkylation sites (N-methyl/N-ethyl adjacent to an activating group) is 1. The summed E-state index contributed by atoms with van der Waals surface area (Å²) in [4.78, 5) is 40.4. The molecule has 10 heteroatoms. The maximum atomic E-state index is 14.0. The third kappa shape index (κ3) is 6.69. The van der Waals surface area contributed by atoms with E-state index in [2.05, 4.69) is 52.3 Å². The van der Waals surface area contributed by atoms with Crippen LogP contribution < -0.4 is 25.8 Å². The summed E-state index contributed by atoms with van der Waals surface area (Å²) in [5.41, 5.74) is 6.68. The summed E-state index contributed by atoms with van der Waals surface area (Å²) in [5, 5.41) is 6.78. The quantitative estimate of drug-likeness (QED) is 0.164. The smallest absolute Gasteiger partial charge is 0.257 e. The molecule has 1 fully saturated rings. The summed E-state index contributed by atoms with van der Waals surface area (Å²) in [6.07, 6.45) is 2.93. The molecule has 6 aromatic rings. The summed E-state index contributed by atoms with van der Waals surface area (Å²) in [5.74, 6) is 0.597. The SMILES string of the molecule is C=CC(=O)Nc1cccc(-n2c(=O)cc(-c3ccc(-c4ccccc4)cc3)c3cnc(Nc4ccc(N5CCN(C)CC5)cc4OC)nc32)c1. The number of pyridine rings is 1. The lowest BCUT2D eigenvalue weighted by molar-refractivity contribution is -0.111. The first kappa shape index (κ1) is 32.3. The van der Waals surface area contributed by atoms with E-state index < -0.39 is 0 Å². The number of nitrogens with zero attached hydrogens (tertiary/aromatic N) is 5. The maximum absolute atomic E-state index is 14.0. The molecule has 3 heterocycles. The van der Waals surface area contributed by atoms with E-state index in [0.717, 1.165) is 48.6 Å². The average Bonchev–Trinajstić information content (AvgIpc) is 3.15. The van der Waals surface area contributed by atoms with Gasteiger partial charge in [-0.25, -0.2) is 4.98 Å². The van der Waals surface area contributed by atoms with Gasteiger partial charge in [0.1, 0.15) is 5.75 Å². The number of fused-ring (bicyclic) bond motifs is 1. The zero-order chi connectivity index (χ0) is 34.6. The van der Waals surface area contributed by atoms with E-state index in [0.29, 0.717) is 45.4 Å². The van der Waals surface area contributed by atoms with Crippen molar-refractivity contribution in [2.75, 3.05) is 55.9 Å². The number of aromatic nitrogens is 3. The predicted molar refractivity (Wildman–Crippen MR) is 201 cm³/mol. The maximum Gasteiger partial charge on any atom is 0.257 e. The normalized spacial score (nSPS) is 13.2. The van der Waals surface area contributed by atoms with Crippen molar-refractivity contribution in [2.24, 2.45) is 0 Å². The molecule has 0 aliphatic carbocycles. The lowest BCUT2D eigenvalue weighted by atomic mass is 9.99. The van der Waals surface area contributed by atoms with Crippen LogP contribution in [0.3, 0.4) is 0 Å². The Morgan fingerprint density at radius 1 is 0.840 bits per heavy atom. The first-order valence-electron chi connectivity index (χ1n) is 16.4. The molecule has 2 N–H and O–H groups in total. The summed E-state index contributed by atoms with van der Waals surface area (Å²) in [6, 6.07) is 32.9. The highest BCUT2D eigenvalue weighted by atomic mass is 16.5. The molecule has 0 spiro atoms. The molecule has 1 aliphatic heterocycles. The zero-order valence-electron chi connectivity index (χ0n) is 28.0. The van der Waals surface area contributed by atoms with Crippen molar-refractivity contribution in [3.63, 3.8) is 0 Å². The van der Waals surface area contributed by atoms with E-state index in [1.165, 1.54) is 10.6 Å². The second-order valence-corrected chi connectivity index (χ2v) is 12.1. The van der Waals surface area contributed by atoms with Gasteiger partial charge in [-0.3, -0.25) is 14.2 Å². The van der Waals surface area contributed by atoms with Gasteiger partial charge in [0.15, 0.2) is 5.65 Å². The van der Waals surface area contributed by atoms with Gasteiger partial charge in [0, 0.05) is 61.3 Å². The van der Waals surface area contributed by atoms with E-state index >= 15 is 0 Å². The fourth-order valence-electron chi connectivity index (χ4n) is 6.21. The highest BCUT2D eigenvalue weighted by molar-refractivity contribution is 5.99. The van der Waals surface area contributed by atoms with E-state index in [4.69, 9.17) is 14.7 Å². The lowest BCUT2D eigenvalue weighted by Gasteiger charge is -2.34. The number of hydrogen-bond acceptors (Lipinski definition) is 8. The largest absolute Gasteiger partial charge is 0.494 e. The second-order valence-electron chi connectivity index (χ2n) is 12.1. The Morgan fingerprint density at radius 3 is 2.32 bits per heavy atom. The molecule has 0 radical (unpaired) electrons. The van der Waals surface area contributed by atoms with Crippen molar-refractivity contribution < 1.29 is 9.53 Å². The molecule has 0 atom stereocenters. The molecule has 10 nitrogen and oxygen atoms in total. The van der Waals surface area contributed by atoms with Crippen LogP contribution in [0.4, 0.5) is 23.0 Å². The van der Waals surface area contributed by atoms with Crippen molar-refractivity contribution in [1.29, 1.82) is 0 Å². The third-order valence-electron chi connectivity index (χ3n) is 8.92. The van der Waals surface area contributed by atoms with Gasteiger partial charge in [0.05, 0.1) is 18.5 Å². The van der Waals surface area contributed by atoms with Crippen LogP contribution in [0.2, 0.25) is 0 Å². The fraction of sp³-hybridized carbons (Fsp3) is 0.150. The lowest BCUT2D eigenvalue weighted by Crippen LogP contribution is -2.44. The van der Waals surface area contributed by atoms with Gasteiger partial charge in [0.2, 0.25) is 11.9 Å².